The van der Waals surface area contributed by atoms with Gasteiger partial charge in [-0.15, -0.1) is 0 Å². The fourth-order valence-electron chi connectivity index (χ4n) is 1.07. The highest BCUT2D eigenvalue weighted by molar-refractivity contribution is 7.80. The first-order valence-electron chi connectivity index (χ1n) is 3.80. The molecule has 2 N–H and O–H groups in total. The van der Waals surface area contributed by atoms with Crippen LogP contribution >= 0.6 is 12.2 Å². The molecule has 0 amide bonds. The van der Waals surface area contributed by atoms with E-state index >= 15 is 0 Å². The summed E-state index contributed by atoms with van der Waals surface area (Å²) in [6, 6.07) is 1.63. The van der Waals surface area contributed by atoms with Crippen molar-refractivity contribution in [2.45, 2.75) is 0 Å². The first kappa shape index (κ1) is 8.18. The maximum atomic E-state index is 5.51. The van der Waals surface area contributed by atoms with Crippen LogP contribution in [0.4, 0.5) is 11.8 Å². The molecule has 2 heterocycles. The topological polar surface area (TPSA) is 64.3 Å². The molecule has 0 unspecified atom stereocenters. The lowest BCUT2D eigenvalue weighted by Gasteiger charge is -2.11. The van der Waals surface area contributed by atoms with Gasteiger partial charge in [0.15, 0.2) is 0 Å². The van der Waals surface area contributed by atoms with Crippen LogP contribution in [-0.2, 0) is 4.74 Å². The molecule has 1 aromatic rings. The summed E-state index contributed by atoms with van der Waals surface area (Å²) >= 11 is 4.95. The number of hydrogen-bond acceptors (Lipinski definition) is 5. The summed E-state index contributed by atoms with van der Waals surface area (Å²) in [4.78, 5) is 9.78. The van der Waals surface area contributed by atoms with Crippen molar-refractivity contribution < 1.29 is 4.74 Å². The van der Waals surface area contributed by atoms with Gasteiger partial charge < -0.3 is 10.5 Å². The predicted octanol–water partition coefficient (Wildman–Crippen LogP) is 0.180. The predicted molar refractivity (Wildman–Crippen MR) is 52.3 cm³/mol. The van der Waals surface area contributed by atoms with Crippen molar-refractivity contribution in [3.8, 4) is 0 Å². The molecule has 0 radical (unpaired) electrons. The Kier molecular flexibility index (Phi) is 1.97. The molecule has 0 saturated carbocycles. The molecule has 2 rings (SSSR count). The van der Waals surface area contributed by atoms with Crippen molar-refractivity contribution in [2.75, 3.05) is 23.8 Å². The van der Waals surface area contributed by atoms with Crippen LogP contribution in [-0.4, -0.2) is 28.3 Å². The Morgan fingerprint density at radius 2 is 2.46 bits per heavy atom. The van der Waals surface area contributed by atoms with Gasteiger partial charge in [0.25, 0.3) is 5.17 Å². The van der Waals surface area contributed by atoms with Gasteiger partial charge in [-0.25, -0.2) is 4.98 Å². The summed E-state index contributed by atoms with van der Waals surface area (Å²) in [7, 11) is 0. The minimum Gasteiger partial charge on any atom is -0.469 e. The van der Waals surface area contributed by atoms with Crippen LogP contribution in [0, 0.1) is 0 Å². The lowest BCUT2D eigenvalue weighted by molar-refractivity contribution is 0.361. The standard InChI is InChI=1S/C7H8N4OS/c8-5-1-2-9-6(10-5)11-3-4-12-7(11)13/h1-2H,3-4H2,(H2,8,9,10). The second kappa shape index (κ2) is 3.14. The minimum absolute atomic E-state index is 0.408. The Morgan fingerprint density at radius 3 is 3.08 bits per heavy atom. The van der Waals surface area contributed by atoms with E-state index in [1.165, 1.54) is 0 Å². The van der Waals surface area contributed by atoms with Crippen LogP contribution < -0.4 is 10.6 Å². The molecular weight excluding hydrogens is 188 g/mol. The van der Waals surface area contributed by atoms with E-state index in [2.05, 4.69) is 9.97 Å². The Morgan fingerprint density at radius 1 is 1.62 bits per heavy atom. The maximum absolute atomic E-state index is 5.51. The lowest BCUT2D eigenvalue weighted by Crippen LogP contribution is -2.25. The van der Waals surface area contributed by atoms with E-state index in [-0.39, 0.29) is 0 Å². The molecule has 1 saturated heterocycles. The van der Waals surface area contributed by atoms with Crippen molar-refractivity contribution in [2.24, 2.45) is 0 Å². The first-order valence-corrected chi connectivity index (χ1v) is 4.21. The molecule has 1 fully saturated rings. The van der Waals surface area contributed by atoms with Crippen LogP contribution in [0.3, 0.4) is 0 Å². The Hall–Kier alpha value is -1.43. The molecule has 1 aromatic heterocycles. The molecule has 0 aromatic carbocycles. The molecule has 0 bridgehead atoms. The normalized spacial score (nSPS) is 16.0. The highest BCUT2D eigenvalue weighted by Gasteiger charge is 2.21. The molecule has 0 atom stereocenters. The van der Waals surface area contributed by atoms with Gasteiger partial charge in [-0.3, -0.25) is 4.90 Å². The fourth-order valence-corrected chi connectivity index (χ4v) is 1.32. The van der Waals surface area contributed by atoms with Gasteiger partial charge in [-0.1, -0.05) is 0 Å². The number of hydrogen-bond donors (Lipinski definition) is 1. The fraction of sp³-hybridized carbons (Fsp3) is 0.286. The molecule has 13 heavy (non-hydrogen) atoms. The number of aromatic nitrogens is 2. The number of nitrogens with two attached hydrogens (primary N) is 1. The van der Waals surface area contributed by atoms with E-state index in [0.29, 0.717) is 30.1 Å². The molecule has 0 spiro atoms. The van der Waals surface area contributed by atoms with E-state index in [1.54, 1.807) is 17.2 Å². The molecule has 6 heteroatoms. The zero-order chi connectivity index (χ0) is 9.26. The maximum Gasteiger partial charge on any atom is 0.266 e. The monoisotopic (exact) mass is 196 g/mol. The van der Waals surface area contributed by atoms with Crippen LogP contribution in [0.1, 0.15) is 0 Å². The van der Waals surface area contributed by atoms with Gasteiger partial charge in [-0.05, 0) is 18.3 Å². The average Bonchev–Trinajstić information content (AvgIpc) is 2.51. The van der Waals surface area contributed by atoms with Gasteiger partial charge >= 0.3 is 0 Å². The number of rotatable bonds is 1. The van der Waals surface area contributed by atoms with Crippen LogP contribution in [0.15, 0.2) is 12.3 Å². The molecule has 1 aliphatic rings. The van der Waals surface area contributed by atoms with Crippen molar-refractivity contribution in [1.82, 2.24) is 9.97 Å². The second-order valence-corrected chi connectivity index (χ2v) is 2.90. The lowest BCUT2D eigenvalue weighted by atomic mass is 10.6. The average molecular weight is 196 g/mol. The molecule has 5 nitrogen and oxygen atoms in total. The third kappa shape index (κ3) is 1.52. The smallest absolute Gasteiger partial charge is 0.266 e. The van der Waals surface area contributed by atoms with Crippen LogP contribution in [0.5, 0.6) is 0 Å². The van der Waals surface area contributed by atoms with E-state index in [0.717, 1.165) is 0 Å². The van der Waals surface area contributed by atoms with Gasteiger partial charge in [0.2, 0.25) is 5.95 Å². The summed E-state index contributed by atoms with van der Waals surface area (Å²) in [5.41, 5.74) is 5.51. The number of anilines is 2. The highest BCUT2D eigenvalue weighted by Crippen LogP contribution is 2.13. The van der Waals surface area contributed by atoms with Gasteiger partial charge in [0.05, 0.1) is 6.54 Å². The summed E-state index contributed by atoms with van der Waals surface area (Å²) in [6.07, 6.45) is 1.60. The van der Waals surface area contributed by atoms with E-state index in [9.17, 15) is 0 Å². The molecule has 1 aliphatic heterocycles. The van der Waals surface area contributed by atoms with Crippen molar-refractivity contribution in [1.29, 1.82) is 0 Å². The third-order valence-electron chi connectivity index (χ3n) is 1.67. The van der Waals surface area contributed by atoms with Crippen molar-refractivity contribution >= 4 is 29.2 Å². The molecule has 68 valence electrons. The Balaban J connectivity index is 2.29. The second-order valence-electron chi connectivity index (χ2n) is 2.55. The summed E-state index contributed by atoms with van der Waals surface area (Å²) in [6.45, 7) is 1.26. The molecular formula is C7H8N4OS. The number of nitrogens with zero attached hydrogens (tertiary/aromatic N) is 3. The van der Waals surface area contributed by atoms with Crippen LogP contribution in [0.25, 0.3) is 0 Å². The quantitative estimate of drug-likeness (QED) is 0.646. The molecule has 0 aliphatic carbocycles. The Bertz CT molecular complexity index is 343. The highest BCUT2D eigenvalue weighted by atomic mass is 32.1. The minimum atomic E-state index is 0.408. The largest absolute Gasteiger partial charge is 0.469 e. The summed E-state index contributed by atoms with van der Waals surface area (Å²) in [5.74, 6) is 0.933. The zero-order valence-electron chi connectivity index (χ0n) is 6.80. The van der Waals surface area contributed by atoms with E-state index in [1.807, 2.05) is 0 Å². The zero-order valence-corrected chi connectivity index (χ0v) is 7.62. The van der Waals surface area contributed by atoms with Gasteiger partial charge in [-0.2, -0.15) is 4.98 Å². The number of ether oxygens (including phenoxy) is 1. The van der Waals surface area contributed by atoms with Crippen molar-refractivity contribution in [3.63, 3.8) is 0 Å². The van der Waals surface area contributed by atoms with Crippen molar-refractivity contribution in [3.05, 3.63) is 12.3 Å². The summed E-state index contributed by atoms with van der Waals surface area (Å²) in [5, 5.41) is 0.408. The van der Waals surface area contributed by atoms with Gasteiger partial charge in [0.1, 0.15) is 12.4 Å². The van der Waals surface area contributed by atoms with Gasteiger partial charge in [0, 0.05) is 6.20 Å². The van der Waals surface area contributed by atoms with E-state index in [4.69, 9.17) is 22.7 Å². The van der Waals surface area contributed by atoms with Crippen LogP contribution in [0.2, 0.25) is 0 Å². The summed E-state index contributed by atoms with van der Waals surface area (Å²) < 4.78 is 5.10. The van der Waals surface area contributed by atoms with E-state index < -0.39 is 0 Å². The third-order valence-corrected chi connectivity index (χ3v) is 2.00. The number of thiocarbonyl (C=S) groups is 1. The number of nitrogen functional groups attached to an aromatic ring is 1. The first-order chi connectivity index (χ1) is 6.27. The Labute approximate surface area is 80.5 Å². The SMILES string of the molecule is Nc1ccnc(N2CCOC2=S)n1.